The Morgan fingerprint density at radius 3 is 2.78 bits per heavy atom. The molecule has 1 aliphatic rings. The molecule has 120 valence electrons. The number of allylic oxidation sites excluding steroid dienone is 1. The highest BCUT2D eigenvalue weighted by molar-refractivity contribution is 5.86. The zero-order valence-corrected chi connectivity index (χ0v) is 13.8. The van der Waals surface area contributed by atoms with E-state index in [0.29, 0.717) is 0 Å². The number of carbonyl (C=O) groups excluding carboxylic acids is 1. The molecule has 0 bridgehead atoms. The zero-order valence-electron chi connectivity index (χ0n) is 13.8. The summed E-state index contributed by atoms with van der Waals surface area (Å²) in [4.78, 5) is 12.4. The minimum absolute atomic E-state index is 0.00926. The lowest BCUT2D eigenvalue weighted by molar-refractivity contribution is -0.124. The molecule has 2 aromatic rings. The molecule has 1 amide bonds. The molecule has 2 nitrogen and oxygen atoms in total. The maximum Gasteiger partial charge on any atom is 0.223 e. The van der Waals surface area contributed by atoms with Crippen LogP contribution in [-0.2, 0) is 11.2 Å². The van der Waals surface area contributed by atoms with Crippen molar-refractivity contribution in [2.45, 2.75) is 39.0 Å². The van der Waals surface area contributed by atoms with Gasteiger partial charge in [0.25, 0.3) is 0 Å². The van der Waals surface area contributed by atoms with Gasteiger partial charge in [-0.25, -0.2) is 0 Å². The molecule has 1 aliphatic carbocycles. The highest BCUT2D eigenvalue weighted by Crippen LogP contribution is 2.21. The van der Waals surface area contributed by atoms with Gasteiger partial charge in [0.05, 0.1) is 0 Å². The summed E-state index contributed by atoms with van der Waals surface area (Å²) in [6.07, 6.45) is 7.92. The second-order valence-corrected chi connectivity index (χ2v) is 6.57. The first-order chi connectivity index (χ1) is 11.2. The summed E-state index contributed by atoms with van der Waals surface area (Å²) < 4.78 is 0. The summed E-state index contributed by atoms with van der Waals surface area (Å²) in [7, 11) is 0. The molecule has 0 radical (unpaired) electrons. The molecule has 0 unspecified atom stereocenters. The second-order valence-electron chi connectivity index (χ2n) is 6.57. The first-order valence-electron chi connectivity index (χ1n) is 8.66. The summed E-state index contributed by atoms with van der Waals surface area (Å²) in [5, 5.41) is 5.61. The molecule has 2 aromatic carbocycles. The second kappa shape index (κ2) is 7.45. The van der Waals surface area contributed by atoms with Crippen LogP contribution in [0.25, 0.3) is 10.8 Å². The van der Waals surface area contributed by atoms with Gasteiger partial charge in [-0.05, 0) is 48.4 Å². The van der Waals surface area contributed by atoms with Crippen LogP contribution in [0.1, 0.15) is 38.2 Å². The minimum atomic E-state index is -0.00926. The summed E-state index contributed by atoms with van der Waals surface area (Å²) in [6.45, 7) is 2.74. The van der Waals surface area contributed by atoms with Gasteiger partial charge in [-0.3, -0.25) is 4.79 Å². The van der Waals surface area contributed by atoms with Crippen LogP contribution in [0.4, 0.5) is 0 Å². The third kappa shape index (κ3) is 4.01. The van der Waals surface area contributed by atoms with Gasteiger partial charge >= 0.3 is 0 Å². The maximum absolute atomic E-state index is 12.4. The van der Waals surface area contributed by atoms with Crippen molar-refractivity contribution in [1.29, 1.82) is 0 Å². The molecular weight excluding hydrogens is 282 g/mol. The number of hydrogen-bond acceptors (Lipinski definition) is 1. The molecule has 0 heterocycles. The lowest BCUT2D eigenvalue weighted by Gasteiger charge is -2.16. The first-order valence-corrected chi connectivity index (χ1v) is 8.66. The van der Waals surface area contributed by atoms with E-state index in [1.165, 1.54) is 34.8 Å². The van der Waals surface area contributed by atoms with E-state index in [0.717, 1.165) is 25.8 Å². The molecule has 2 heteroatoms. The van der Waals surface area contributed by atoms with E-state index in [-0.39, 0.29) is 11.8 Å². The maximum atomic E-state index is 12.4. The lowest BCUT2D eigenvalue weighted by atomic mass is 9.95. The predicted molar refractivity (Wildman–Crippen MR) is 96.4 cm³/mol. The third-order valence-corrected chi connectivity index (χ3v) is 4.73. The van der Waals surface area contributed by atoms with Crippen molar-refractivity contribution in [3.8, 4) is 0 Å². The van der Waals surface area contributed by atoms with Crippen molar-refractivity contribution >= 4 is 16.7 Å². The van der Waals surface area contributed by atoms with E-state index in [4.69, 9.17) is 0 Å². The first kappa shape index (κ1) is 15.8. The van der Waals surface area contributed by atoms with Crippen LogP contribution in [0.15, 0.2) is 54.1 Å². The molecule has 0 aromatic heterocycles. The summed E-state index contributed by atoms with van der Waals surface area (Å²) in [6, 6.07) is 14.7. The Kier molecular flexibility index (Phi) is 5.12. The minimum Gasteiger partial charge on any atom is -0.352 e. The monoisotopic (exact) mass is 307 g/mol. The van der Waals surface area contributed by atoms with Crippen LogP contribution >= 0.6 is 0 Å². The number of hydrogen-bond donors (Lipinski definition) is 1. The summed E-state index contributed by atoms with van der Waals surface area (Å²) in [5.41, 5.74) is 2.64. The van der Waals surface area contributed by atoms with Gasteiger partial charge in [0, 0.05) is 12.5 Å². The van der Waals surface area contributed by atoms with Crippen LogP contribution in [0.5, 0.6) is 0 Å². The van der Waals surface area contributed by atoms with Crippen molar-refractivity contribution in [2.24, 2.45) is 5.92 Å². The normalized spacial score (nSPS) is 16.0. The zero-order chi connectivity index (χ0) is 16.1. The Morgan fingerprint density at radius 2 is 1.96 bits per heavy atom. The quantitative estimate of drug-likeness (QED) is 0.801. The molecule has 0 saturated carbocycles. The van der Waals surface area contributed by atoms with E-state index in [1.54, 1.807) is 0 Å². The van der Waals surface area contributed by atoms with E-state index < -0.39 is 0 Å². The Bertz CT molecular complexity index is 711. The molecule has 0 spiro atoms. The fraction of sp³-hybridized carbons (Fsp3) is 0.381. The number of rotatable bonds is 5. The smallest absolute Gasteiger partial charge is 0.223 e. The number of amides is 1. The van der Waals surface area contributed by atoms with Gasteiger partial charge in [0.2, 0.25) is 5.91 Å². The van der Waals surface area contributed by atoms with Gasteiger partial charge in [-0.15, -0.1) is 0 Å². The average molecular weight is 307 g/mol. The number of carbonyl (C=O) groups is 1. The molecule has 0 saturated heterocycles. The van der Waals surface area contributed by atoms with E-state index in [2.05, 4.69) is 53.9 Å². The van der Waals surface area contributed by atoms with Crippen LogP contribution in [-0.4, -0.2) is 12.5 Å². The van der Waals surface area contributed by atoms with E-state index in [9.17, 15) is 4.79 Å². The van der Waals surface area contributed by atoms with E-state index >= 15 is 0 Å². The Balaban J connectivity index is 1.62. The predicted octanol–water partition coefficient (Wildman–Crippen LogP) is 4.64. The van der Waals surface area contributed by atoms with Crippen molar-refractivity contribution in [1.82, 2.24) is 5.32 Å². The molecule has 1 atom stereocenters. The van der Waals surface area contributed by atoms with Gasteiger partial charge in [-0.2, -0.15) is 0 Å². The molecule has 0 aliphatic heterocycles. The Morgan fingerprint density at radius 1 is 1.13 bits per heavy atom. The number of benzene rings is 2. The van der Waals surface area contributed by atoms with E-state index in [1.807, 2.05) is 6.92 Å². The van der Waals surface area contributed by atoms with Crippen LogP contribution in [0.2, 0.25) is 0 Å². The fourth-order valence-electron chi connectivity index (χ4n) is 3.33. The molecule has 23 heavy (non-hydrogen) atoms. The topological polar surface area (TPSA) is 29.1 Å². The average Bonchev–Trinajstić information content (AvgIpc) is 2.61. The molecule has 1 N–H and O–H groups in total. The van der Waals surface area contributed by atoms with Crippen LogP contribution in [0.3, 0.4) is 0 Å². The standard InChI is InChI=1S/C21H25NO/c1-16(21(23)22-15-17-8-3-2-4-9-17)14-19-12-7-11-18-10-5-6-13-20(18)19/h5-8,10-13,16H,2-4,9,14-15H2,1H3,(H,22,23)/t16-/m1/s1. The number of fused-ring (bicyclic) bond motifs is 1. The lowest BCUT2D eigenvalue weighted by Crippen LogP contribution is -2.32. The highest BCUT2D eigenvalue weighted by Gasteiger charge is 2.15. The van der Waals surface area contributed by atoms with Crippen molar-refractivity contribution in [3.05, 3.63) is 59.7 Å². The van der Waals surface area contributed by atoms with Crippen LogP contribution in [0, 0.1) is 5.92 Å². The van der Waals surface area contributed by atoms with Crippen molar-refractivity contribution < 1.29 is 4.79 Å². The van der Waals surface area contributed by atoms with Gasteiger partial charge < -0.3 is 5.32 Å². The molecule has 3 rings (SSSR count). The molecular formula is C21H25NO. The summed E-state index contributed by atoms with van der Waals surface area (Å²) in [5.74, 6) is 0.148. The Labute approximate surface area is 138 Å². The van der Waals surface area contributed by atoms with Crippen LogP contribution < -0.4 is 5.32 Å². The molecule has 0 fully saturated rings. The summed E-state index contributed by atoms with van der Waals surface area (Å²) >= 11 is 0. The van der Waals surface area contributed by atoms with Gasteiger partial charge in [0.1, 0.15) is 0 Å². The van der Waals surface area contributed by atoms with Crippen molar-refractivity contribution in [3.63, 3.8) is 0 Å². The fourth-order valence-corrected chi connectivity index (χ4v) is 3.33. The third-order valence-electron chi connectivity index (χ3n) is 4.73. The highest BCUT2D eigenvalue weighted by atomic mass is 16.1. The van der Waals surface area contributed by atoms with Gasteiger partial charge in [-0.1, -0.05) is 61.0 Å². The number of nitrogens with one attached hydrogen (secondary N) is 1. The SMILES string of the molecule is C[C@H](Cc1cccc2ccccc12)C(=O)NCC1=CCCCC1. The Hall–Kier alpha value is -2.09. The van der Waals surface area contributed by atoms with Gasteiger partial charge in [0.15, 0.2) is 0 Å². The largest absolute Gasteiger partial charge is 0.352 e. The van der Waals surface area contributed by atoms with Crippen molar-refractivity contribution in [2.75, 3.05) is 6.54 Å².